The van der Waals surface area contributed by atoms with E-state index in [1.54, 1.807) is 30.5 Å². The minimum absolute atomic E-state index is 0.0873. The van der Waals surface area contributed by atoms with Crippen LogP contribution in [0, 0.1) is 17.8 Å². The molecule has 5 nitrogen and oxygen atoms in total. The molecule has 2 saturated carbocycles. The standard InChI is InChI=1S/C32H26O5/c33-31(19-9-3-1-4-10-19)36-29-25-18-26(30(29)37-32(34)20-11-5-2-6-12-20)28-22-14-7-13-21(23(22)17-24(25)28)27-15-8-16-35-27/h1-16,24-26,28-30H,17-18H2. The van der Waals surface area contributed by atoms with Crippen LogP contribution in [0.4, 0.5) is 0 Å². The molecule has 6 unspecified atom stereocenters. The van der Waals surface area contributed by atoms with Gasteiger partial charge in [-0.1, -0.05) is 54.6 Å². The predicted octanol–water partition coefficient (Wildman–Crippen LogP) is 6.30. The van der Waals surface area contributed by atoms with Crippen LogP contribution in [0.5, 0.6) is 0 Å². The molecule has 3 aliphatic carbocycles. The molecule has 2 fully saturated rings. The molecule has 3 aromatic carbocycles. The Bertz CT molecular complexity index is 1440. The molecule has 0 aliphatic heterocycles. The first-order chi connectivity index (χ1) is 18.2. The zero-order valence-electron chi connectivity index (χ0n) is 20.2. The van der Waals surface area contributed by atoms with Gasteiger partial charge in [-0.15, -0.1) is 0 Å². The number of esters is 2. The molecule has 6 atom stereocenters. The third-order valence-corrected chi connectivity index (χ3v) is 8.49. The van der Waals surface area contributed by atoms with Gasteiger partial charge in [0.1, 0.15) is 18.0 Å². The van der Waals surface area contributed by atoms with Gasteiger partial charge >= 0.3 is 11.9 Å². The van der Waals surface area contributed by atoms with Crippen molar-refractivity contribution >= 4 is 11.9 Å². The third-order valence-electron chi connectivity index (χ3n) is 8.49. The molecule has 1 heterocycles. The van der Waals surface area contributed by atoms with E-state index in [1.807, 2.05) is 48.5 Å². The Kier molecular flexibility index (Phi) is 5.24. The van der Waals surface area contributed by atoms with E-state index in [-0.39, 0.29) is 29.7 Å². The Morgan fingerprint density at radius 3 is 1.95 bits per heavy atom. The van der Waals surface area contributed by atoms with Crippen molar-refractivity contribution in [1.82, 2.24) is 0 Å². The summed E-state index contributed by atoms with van der Waals surface area (Å²) in [5.41, 5.74) is 4.73. The fraction of sp³-hybridized carbons (Fsp3) is 0.250. The summed E-state index contributed by atoms with van der Waals surface area (Å²) in [7, 11) is 0. The summed E-state index contributed by atoms with van der Waals surface area (Å²) in [5.74, 6) is 0.910. The molecule has 184 valence electrons. The van der Waals surface area contributed by atoms with Gasteiger partial charge in [-0.25, -0.2) is 9.59 Å². The Labute approximate surface area is 215 Å². The number of ether oxygens (including phenoxy) is 2. The highest BCUT2D eigenvalue weighted by Crippen LogP contribution is 2.63. The topological polar surface area (TPSA) is 65.7 Å². The largest absolute Gasteiger partial charge is 0.464 e. The van der Waals surface area contributed by atoms with Crippen molar-refractivity contribution < 1.29 is 23.5 Å². The van der Waals surface area contributed by atoms with Crippen molar-refractivity contribution in [3.63, 3.8) is 0 Å². The molecular formula is C32H26O5. The lowest BCUT2D eigenvalue weighted by molar-refractivity contribution is -0.0698. The Hall–Kier alpha value is -4.12. The minimum atomic E-state index is -0.496. The summed E-state index contributed by atoms with van der Waals surface area (Å²) in [5, 5.41) is 0. The molecule has 37 heavy (non-hydrogen) atoms. The third kappa shape index (κ3) is 3.60. The minimum Gasteiger partial charge on any atom is -0.464 e. The maximum atomic E-state index is 13.2. The summed E-state index contributed by atoms with van der Waals surface area (Å²) in [6.45, 7) is 0. The quantitative estimate of drug-likeness (QED) is 0.307. The number of furan rings is 1. The molecular weight excluding hydrogens is 464 g/mol. The van der Waals surface area contributed by atoms with Gasteiger partial charge in [0, 0.05) is 17.4 Å². The van der Waals surface area contributed by atoms with E-state index in [0.717, 1.165) is 24.2 Å². The molecule has 1 aromatic heterocycles. The normalized spacial score (nSPS) is 26.9. The van der Waals surface area contributed by atoms with Crippen LogP contribution in [-0.4, -0.2) is 24.1 Å². The number of carbonyl (C=O) groups excluding carboxylic acids is 2. The smallest absolute Gasteiger partial charge is 0.338 e. The van der Waals surface area contributed by atoms with Crippen molar-refractivity contribution in [2.45, 2.75) is 31.0 Å². The lowest BCUT2D eigenvalue weighted by Crippen LogP contribution is -2.45. The molecule has 5 heteroatoms. The fourth-order valence-corrected chi connectivity index (χ4v) is 7.05. The van der Waals surface area contributed by atoms with Gasteiger partial charge < -0.3 is 13.9 Å². The Morgan fingerprint density at radius 2 is 1.32 bits per heavy atom. The maximum absolute atomic E-state index is 13.2. The van der Waals surface area contributed by atoms with Crippen molar-refractivity contribution in [3.05, 3.63) is 120 Å². The first-order valence-electron chi connectivity index (χ1n) is 12.9. The summed E-state index contributed by atoms with van der Waals surface area (Å²) in [4.78, 5) is 26.3. The van der Waals surface area contributed by atoms with E-state index in [1.165, 1.54) is 11.1 Å². The highest BCUT2D eigenvalue weighted by molar-refractivity contribution is 5.90. The van der Waals surface area contributed by atoms with E-state index in [2.05, 4.69) is 18.2 Å². The Balaban J connectivity index is 1.24. The van der Waals surface area contributed by atoms with Gasteiger partial charge in [0.25, 0.3) is 0 Å². The first kappa shape index (κ1) is 22.1. The van der Waals surface area contributed by atoms with Gasteiger partial charge in [-0.3, -0.25) is 0 Å². The number of fused-ring (bicyclic) bond motifs is 7. The van der Waals surface area contributed by atoms with Crippen LogP contribution in [0.15, 0.2) is 102 Å². The van der Waals surface area contributed by atoms with Crippen molar-refractivity contribution in [1.29, 1.82) is 0 Å². The van der Waals surface area contributed by atoms with Crippen LogP contribution in [0.25, 0.3) is 11.3 Å². The van der Waals surface area contributed by atoms with Crippen LogP contribution in [0.3, 0.4) is 0 Å². The molecule has 0 amide bonds. The molecule has 0 N–H and O–H groups in total. The monoisotopic (exact) mass is 490 g/mol. The van der Waals surface area contributed by atoms with E-state index in [4.69, 9.17) is 13.9 Å². The number of hydrogen-bond donors (Lipinski definition) is 0. The van der Waals surface area contributed by atoms with Gasteiger partial charge in [-0.2, -0.15) is 0 Å². The molecule has 0 radical (unpaired) electrons. The summed E-state index contributed by atoms with van der Waals surface area (Å²) in [6, 6.07) is 28.4. The fourth-order valence-electron chi connectivity index (χ4n) is 7.05. The summed E-state index contributed by atoms with van der Waals surface area (Å²) < 4.78 is 18.1. The molecule has 0 saturated heterocycles. The lowest BCUT2D eigenvalue weighted by atomic mass is 9.76. The molecule has 4 aromatic rings. The van der Waals surface area contributed by atoms with Crippen LogP contribution >= 0.6 is 0 Å². The van der Waals surface area contributed by atoms with Crippen LogP contribution < -0.4 is 0 Å². The van der Waals surface area contributed by atoms with Gasteiger partial charge in [0.2, 0.25) is 0 Å². The van der Waals surface area contributed by atoms with Crippen molar-refractivity contribution in [2.75, 3.05) is 0 Å². The van der Waals surface area contributed by atoms with Crippen LogP contribution in [0.1, 0.15) is 44.2 Å². The SMILES string of the molecule is O=C(OC1C2CC(C1OC(=O)c1ccccc1)C1c3cccc(-c4ccco4)c3CC21)c1ccccc1. The molecule has 7 rings (SSSR count). The van der Waals surface area contributed by atoms with E-state index in [0.29, 0.717) is 17.0 Å². The van der Waals surface area contributed by atoms with Crippen LogP contribution in [0.2, 0.25) is 0 Å². The average molecular weight is 491 g/mol. The summed E-state index contributed by atoms with van der Waals surface area (Å²) in [6.07, 6.45) is 2.50. The van der Waals surface area contributed by atoms with Crippen LogP contribution in [-0.2, 0) is 15.9 Å². The zero-order chi connectivity index (χ0) is 24.9. The zero-order valence-corrected chi connectivity index (χ0v) is 20.2. The highest BCUT2D eigenvalue weighted by Gasteiger charge is 2.63. The number of hydrogen-bond acceptors (Lipinski definition) is 5. The first-order valence-corrected chi connectivity index (χ1v) is 12.9. The van der Waals surface area contributed by atoms with Crippen molar-refractivity contribution in [2.24, 2.45) is 17.8 Å². The Morgan fingerprint density at radius 1 is 0.676 bits per heavy atom. The predicted molar refractivity (Wildman–Crippen MR) is 137 cm³/mol. The molecule has 0 spiro atoms. The number of carbonyl (C=O) groups is 2. The highest BCUT2D eigenvalue weighted by atomic mass is 16.6. The lowest BCUT2D eigenvalue weighted by Gasteiger charge is -2.37. The molecule has 3 aliphatic rings. The van der Waals surface area contributed by atoms with E-state index >= 15 is 0 Å². The second-order valence-corrected chi connectivity index (χ2v) is 10.3. The molecule has 2 bridgehead atoms. The maximum Gasteiger partial charge on any atom is 0.338 e. The van der Waals surface area contributed by atoms with Gasteiger partial charge in [0.15, 0.2) is 0 Å². The summed E-state index contributed by atoms with van der Waals surface area (Å²) >= 11 is 0. The van der Waals surface area contributed by atoms with Gasteiger partial charge in [0.05, 0.1) is 17.4 Å². The second kappa shape index (κ2) is 8.77. The second-order valence-electron chi connectivity index (χ2n) is 10.3. The average Bonchev–Trinajstić information content (AvgIpc) is 3.73. The van der Waals surface area contributed by atoms with E-state index < -0.39 is 12.2 Å². The van der Waals surface area contributed by atoms with Crippen molar-refractivity contribution in [3.8, 4) is 11.3 Å². The van der Waals surface area contributed by atoms with Gasteiger partial charge in [-0.05, 0) is 72.2 Å². The number of rotatable bonds is 5. The van der Waals surface area contributed by atoms with E-state index in [9.17, 15) is 9.59 Å². The number of benzene rings is 3.